The molecule has 2 aromatic carbocycles. The SMILES string of the molecule is OC(c1cnn(-c2ccccc2)n1)c1cccc(Cl)c1Cl. The van der Waals surface area contributed by atoms with E-state index in [-0.39, 0.29) is 0 Å². The van der Waals surface area contributed by atoms with Crippen molar-refractivity contribution < 1.29 is 5.11 Å². The Balaban J connectivity index is 1.95. The molecule has 0 saturated heterocycles. The van der Waals surface area contributed by atoms with E-state index in [1.807, 2.05) is 30.3 Å². The lowest BCUT2D eigenvalue weighted by atomic mass is 10.1. The first-order valence-corrected chi connectivity index (χ1v) is 7.02. The van der Waals surface area contributed by atoms with Gasteiger partial charge in [0.25, 0.3) is 0 Å². The largest absolute Gasteiger partial charge is 0.382 e. The van der Waals surface area contributed by atoms with E-state index in [4.69, 9.17) is 23.2 Å². The van der Waals surface area contributed by atoms with Crippen LogP contribution in [0.3, 0.4) is 0 Å². The molecular formula is C15H11Cl2N3O. The maximum Gasteiger partial charge on any atom is 0.126 e. The van der Waals surface area contributed by atoms with Crippen LogP contribution in [0.5, 0.6) is 0 Å². The molecule has 106 valence electrons. The fraction of sp³-hybridized carbons (Fsp3) is 0.0667. The zero-order valence-corrected chi connectivity index (χ0v) is 12.3. The van der Waals surface area contributed by atoms with Crippen LogP contribution in [0, 0.1) is 0 Å². The van der Waals surface area contributed by atoms with Gasteiger partial charge in [-0.15, -0.1) is 0 Å². The Labute approximate surface area is 131 Å². The van der Waals surface area contributed by atoms with E-state index in [1.54, 1.807) is 18.2 Å². The van der Waals surface area contributed by atoms with Gasteiger partial charge in [0.1, 0.15) is 11.8 Å². The Morgan fingerprint density at radius 1 is 1.00 bits per heavy atom. The van der Waals surface area contributed by atoms with E-state index in [1.165, 1.54) is 11.0 Å². The van der Waals surface area contributed by atoms with Crippen LogP contribution in [0.4, 0.5) is 0 Å². The standard InChI is InChI=1S/C15H11Cl2N3O/c16-12-8-4-7-11(14(12)17)15(21)13-9-18-20(19-13)10-5-2-1-3-6-10/h1-9,15,21H. The number of benzene rings is 2. The van der Waals surface area contributed by atoms with Crippen LogP contribution < -0.4 is 0 Å². The summed E-state index contributed by atoms with van der Waals surface area (Å²) in [4.78, 5) is 1.46. The van der Waals surface area contributed by atoms with E-state index in [2.05, 4.69) is 10.2 Å². The smallest absolute Gasteiger partial charge is 0.126 e. The summed E-state index contributed by atoms with van der Waals surface area (Å²) in [6.07, 6.45) is 0.531. The van der Waals surface area contributed by atoms with Crippen molar-refractivity contribution >= 4 is 23.2 Å². The molecule has 21 heavy (non-hydrogen) atoms. The van der Waals surface area contributed by atoms with Gasteiger partial charge in [0, 0.05) is 5.56 Å². The van der Waals surface area contributed by atoms with Crippen LogP contribution in [-0.4, -0.2) is 20.1 Å². The van der Waals surface area contributed by atoms with Crippen molar-refractivity contribution in [2.45, 2.75) is 6.10 Å². The summed E-state index contributed by atoms with van der Waals surface area (Å²) in [5.74, 6) is 0. The van der Waals surface area contributed by atoms with Crippen LogP contribution in [0.1, 0.15) is 17.4 Å². The third-order valence-corrected chi connectivity index (χ3v) is 3.89. The van der Waals surface area contributed by atoms with E-state index in [0.29, 0.717) is 21.3 Å². The van der Waals surface area contributed by atoms with E-state index in [9.17, 15) is 5.11 Å². The summed E-state index contributed by atoms with van der Waals surface area (Å²) >= 11 is 12.1. The van der Waals surface area contributed by atoms with Crippen LogP contribution in [0.25, 0.3) is 5.69 Å². The highest BCUT2D eigenvalue weighted by atomic mass is 35.5. The highest BCUT2D eigenvalue weighted by Crippen LogP contribution is 2.32. The Kier molecular flexibility index (Phi) is 3.92. The minimum atomic E-state index is -0.978. The number of aromatic nitrogens is 3. The van der Waals surface area contributed by atoms with Gasteiger partial charge >= 0.3 is 0 Å². The van der Waals surface area contributed by atoms with Gasteiger partial charge in [0.15, 0.2) is 0 Å². The predicted molar refractivity (Wildman–Crippen MR) is 81.9 cm³/mol. The predicted octanol–water partition coefficient (Wildman–Crippen LogP) is 3.66. The first-order chi connectivity index (χ1) is 10.2. The van der Waals surface area contributed by atoms with Crippen molar-refractivity contribution in [1.82, 2.24) is 15.0 Å². The first-order valence-electron chi connectivity index (χ1n) is 6.26. The summed E-state index contributed by atoms with van der Waals surface area (Å²) in [6.45, 7) is 0. The highest BCUT2D eigenvalue weighted by Gasteiger charge is 2.19. The number of hydrogen-bond acceptors (Lipinski definition) is 3. The Hall–Kier alpha value is -1.88. The molecule has 1 atom stereocenters. The summed E-state index contributed by atoms with van der Waals surface area (Å²) in [7, 11) is 0. The quantitative estimate of drug-likeness (QED) is 0.801. The first kappa shape index (κ1) is 14.1. The average Bonchev–Trinajstić information content (AvgIpc) is 3.00. The van der Waals surface area contributed by atoms with Crippen LogP contribution in [0.15, 0.2) is 54.7 Å². The maximum atomic E-state index is 10.4. The van der Waals surface area contributed by atoms with E-state index < -0.39 is 6.10 Å². The van der Waals surface area contributed by atoms with Crippen LogP contribution >= 0.6 is 23.2 Å². The minimum absolute atomic E-state index is 0.320. The van der Waals surface area contributed by atoms with Gasteiger partial charge in [0.05, 0.1) is 21.9 Å². The Morgan fingerprint density at radius 2 is 1.76 bits per heavy atom. The molecule has 1 unspecified atom stereocenters. The molecule has 1 N–H and O–H groups in total. The van der Waals surface area contributed by atoms with Gasteiger partial charge in [-0.1, -0.05) is 53.5 Å². The normalized spacial score (nSPS) is 12.3. The molecule has 0 radical (unpaired) electrons. The molecule has 0 fully saturated rings. The van der Waals surface area contributed by atoms with Crippen molar-refractivity contribution in [3.05, 3.63) is 76.0 Å². The molecule has 1 heterocycles. The lowest BCUT2D eigenvalue weighted by Gasteiger charge is -2.10. The van der Waals surface area contributed by atoms with Crippen molar-refractivity contribution in [2.24, 2.45) is 0 Å². The molecule has 3 rings (SSSR count). The molecule has 1 aromatic heterocycles. The van der Waals surface area contributed by atoms with Crippen molar-refractivity contribution in [3.63, 3.8) is 0 Å². The molecule has 0 saturated carbocycles. The molecular weight excluding hydrogens is 309 g/mol. The Morgan fingerprint density at radius 3 is 2.52 bits per heavy atom. The average molecular weight is 320 g/mol. The van der Waals surface area contributed by atoms with Gasteiger partial charge in [0.2, 0.25) is 0 Å². The van der Waals surface area contributed by atoms with Crippen LogP contribution in [0.2, 0.25) is 10.0 Å². The van der Waals surface area contributed by atoms with Crippen molar-refractivity contribution in [1.29, 1.82) is 0 Å². The molecule has 0 amide bonds. The molecule has 0 spiro atoms. The van der Waals surface area contributed by atoms with Gasteiger partial charge in [-0.2, -0.15) is 15.0 Å². The van der Waals surface area contributed by atoms with E-state index >= 15 is 0 Å². The Bertz CT molecular complexity index is 759. The second-order valence-electron chi connectivity index (χ2n) is 4.44. The van der Waals surface area contributed by atoms with Crippen molar-refractivity contribution in [2.75, 3.05) is 0 Å². The zero-order chi connectivity index (χ0) is 14.8. The summed E-state index contributed by atoms with van der Waals surface area (Å²) in [6, 6.07) is 14.6. The zero-order valence-electron chi connectivity index (χ0n) is 10.8. The number of halogens is 2. The molecule has 0 bridgehead atoms. The topological polar surface area (TPSA) is 50.9 Å². The molecule has 6 heteroatoms. The second kappa shape index (κ2) is 5.85. The third kappa shape index (κ3) is 2.78. The maximum absolute atomic E-state index is 10.4. The lowest BCUT2D eigenvalue weighted by molar-refractivity contribution is 0.215. The van der Waals surface area contributed by atoms with E-state index in [0.717, 1.165) is 5.69 Å². The minimum Gasteiger partial charge on any atom is -0.382 e. The summed E-state index contributed by atoms with van der Waals surface area (Å²) < 4.78 is 0. The number of hydrogen-bond donors (Lipinski definition) is 1. The molecule has 0 aliphatic heterocycles. The van der Waals surface area contributed by atoms with Crippen molar-refractivity contribution in [3.8, 4) is 5.69 Å². The fourth-order valence-corrected chi connectivity index (χ4v) is 2.39. The second-order valence-corrected chi connectivity index (χ2v) is 5.23. The number of aliphatic hydroxyl groups excluding tert-OH is 1. The summed E-state index contributed by atoms with van der Waals surface area (Å²) in [5, 5.41) is 19.5. The molecule has 3 aromatic rings. The number of rotatable bonds is 3. The van der Waals surface area contributed by atoms with Gasteiger partial charge in [-0.05, 0) is 18.2 Å². The monoisotopic (exact) mass is 319 g/mol. The number of aliphatic hydroxyl groups is 1. The fourth-order valence-electron chi connectivity index (χ4n) is 1.98. The number of nitrogens with zero attached hydrogens (tertiary/aromatic N) is 3. The molecule has 0 aliphatic carbocycles. The van der Waals surface area contributed by atoms with Crippen LogP contribution in [-0.2, 0) is 0 Å². The molecule has 0 aliphatic rings. The number of para-hydroxylation sites is 1. The highest BCUT2D eigenvalue weighted by molar-refractivity contribution is 6.42. The molecule has 4 nitrogen and oxygen atoms in total. The summed E-state index contributed by atoms with van der Waals surface area (Å²) in [5.41, 5.74) is 1.72. The van der Waals surface area contributed by atoms with Gasteiger partial charge in [-0.3, -0.25) is 0 Å². The van der Waals surface area contributed by atoms with Gasteiger partial charge in [-0.25, -0.2) is 0 Å². The third-order valence-electron chi connectivity index (χ3n) is 3.05. The van der Waals surface area contributed by atoms with Gasteiger partial charge < -0.3 is 5.11 Å². The lowest BCUT2D eigenvalue weighted by Crippen LogP contribution is -2.04.